The molecule has 1 atom stereocenters. The Morgan fingerprint density at radius 1 is 1.05 bits per heavy atom. The van der Waals surface area contributed by atoms with Crippen LogP contribution in [0.3, 0.4) is 0 Å². The van der Waals surface area contributed by atoms with Crippen molar-refractivity contribution >= 4 is 5.78 Å². The largest absolute Gasteiger partial charge is 0.484 e. The second-order valence-electron chi connectivity index (χ2n) is 6.14. The number of carbonyl (C=O) groups is 1. The molecule has 2 aliphatic rings. The topological polar surface area (TPSA) is 26.3 Å². The van der Waals surface area contributed by atoms with Crippen LogP contribution in [0.1, 0.15) is 58.3 Å². The van der Waals surface area contributed by atoms with Crippen LogP contribution in [0.2, 0.25) is 0 Å². The van der Waals surface area contributed by atoms with Gasteiger partial charge in [0.15, 0.2) is 5.78 Å². The Morgan fingerprint density at radius 2 is 1.81 bits per heavy atom. The number of rotatable bonds is 2. The quantitative estimate of drug-likeness (QED) is 0.803. The summed E-state index contributed by atoms with van der Waals surface area (Å²) in [6.45, 7) is 2.00. The van der Waals surface area contributed by atoms with E-state index in [4.69, 9.17) is 4.74 Å². The molecule has 0 N–H and O–H groups in total. The number of Topliss-reactive ketones (excluding diaryl/α,β-unsaturated/α-hetero) is 1. The van der Waals surface area contributed by atoms with E-state index in [1.54, 1.807) is 0 Å². The molecular weight excluding hydrogens is 260 g/mol. The van der Waals surface area contributed by atoms with E-state index in [1.165, 1.54) is 24.0 Å². The van der Waals surface area contributed by atoms with Crippen molar-refractivity contribution in [3.8, 4) is 5.75 Å². The van der Waals surface area contributed by atoms with E-state index < -0.39 is 0 Å². The third-order valence-electron chi connectivity index (χ3n) is 4.44. The summed E-state index contributed by atoms with van der Waals surface area (Å²) in [6, 6.07) is 14.3. The number of hydrogen-bond acceptors (Lipinski definition) is 2. The van der Waals surface area contributed by atoms with E-state index in [0.29, 0.717) is 12.3 Å². The minimum Gasteiger partial charge on any atom is -0.484 e. The molecule has 1 fully saturated rings. The number of ketones is 1. The number of fused-ring (bicyclic) bond motifs is 1. The third kappa shape index (κ3) is 2.25. The minimum absolute atomic E-state index is 0.135. The monoisotopic (exact) mass is 278 g/mol. The Kier molecular flexibility index (Phi) is 2.85. The number of carbonyl (C=O) groups excluding carboxylic acids is 1. The van der Waals surface area contributed by atoms with Crippen molar-refractivity contribution in [3.63, 3.8) is 0 Å². The van der Waals surface area contributed by atoms with Gasteiger partial charge >= 0.3 is 0 Å². The van der Waals surface area contributed by atoms with Gasteiger partial charge in [0, 0.05) is 0 Å². The molecule has 0 amide bonds. The molecule has 2 aromatic rings. The molecule has 1 saturated carbocycles. The zero-order valence-corrected chi connectivity index (χ0v) is 12.1. The second kappa shape index (κ2) is 4.73. The van der Waals surface area contributed by atoms with Crippen LogP contribution in [0, 0.1) is 6.92 Å². The third-order valence-corrected chi connectivity index (χ3v) is 4.44. The predicted octanol–water partition coefficient (Wildman–Crippen LogP) is 4.58. The molecule has 0 spiro atoms. The van der Waals surface area contributed by atoms with Crippen molar-refractivity contribution < 1.29 is 9.53 Å². The van der Waals surface area contributed by atoms with E-state index >= 15 is 0 Å². The van der Waals surface area contributed by atoms with Crippen LogP contribution >= 0.6 is 0 Å². The van der Waals surface area contributed by atoms with Crippen molar-refractivity contribution in [1.82, 2.24) is 0 Å². The Bertz CT molecular complexity index is 713. The SMILES string of the molecule is Cc1ccc2c(c1)C(=O)CC(c1ccccc1C1CC1)O2. The van der Waals surface area contributed by atoms with Crippen LogP contribution in [0.25, 0.3) is 0 Å². The van der Waals surface area contributed by atoms with Crippen LogP contribution in [-0.2, 0) is 0 Å². The fraction of sp³-hybridized carbons (Fsp3) is 0.316. The number of hydrogen-bond donors (Lipinski definition) is 0. The maximum absolute atomic E-state index is 12.4. The summed E-state index contributed by atoms with van der Waals surface area (Å²) in [6.07, 6.45) is 2.82. The molecule has 0 bridgehead atoms. The van der Waals surface area contributed by atoms with Crippen molar-refractivity contribution in [2.75, 3.05) is 0 Å². The van der Waals surface area contributed by atoms with Crippen molar-refractivity contribution in [3.05, 3.63) is 64.7 Å². The average molecular weight is 278 g/mol. The minimum atomic E-state index is -0.135. The summed E-state index contributed by atoms with van der Waals surface area (Å²) >= 11 is 0. The lowest BCUT2D eigenvalue weighted by atomic mass is 9.91. The van der Waals surface area contributed by atoms with Crippen LogP contribution in [0.5, 0.6) is 5.75 Å². The summed E-state index contributed by atoms with van der Waals surface area (Å²) in [5, 5.41) is 0. The molecule has 0 saturated heterocycles. The first-order chi connectivity index (χ1) is 10.2. The van der Waals surface area contributed by atoms with Crippen LogP contribution < -0.4 is 4.74 Å². The highest BCUT2D eigenvalue weighted by atomic mass is 16.5. The molecule has 106 valence electrons. The molecule has 2 aromatic carbocycles. The highest BCUT2D eigenvalue weighted by molar-refractivity contribution is 6.00. The van der Waals surface area contributed by atoms with Gasteiger partial charge in [-0.3, -0.25) is 4.79 Å². The standard InChI is InChI=1S/C19H18O2/c1-12-6-9-18-16(10-12)17(20)11-19(21-18)15-5-3-2-4-14(15)13-7-8-13/h2-6,9-10,13,19H,7-8,11H2,1H3. The molecule has 0 aromatic heterocycles. The summed E-state index contributed by atoms with van der Waals surface area (Å²) in [4.78, 5) is 12.4. The molecule has 0 radical (unpaired) electrons. The zero-order chi connectivity index (χ0) is 14.4. The first-order valence-corrected chi connectivity index (χ1v) is 7.61. The Hall–Kier alpha value is -2.09. The van der Waals surface area contributed by atoms with Gasteiger partial charge in [-0.2, -0.15) is 0 Å². The smallest absolute Gasteiger partial charge is 0.170 e. The lowest BCUT2D eigenvalue weighted by Gasteiger charge is -2.27. The summed E-state index contributed by atoms with van der Waals surface area (Å²) in [5.74, 6) is 1.59. The maximum Gasteiger partial charge on any atom is 0.170 e. The maximum atomic E-state index is 12.4. The molecule has 1 heterocycles. The molecular formula is C19H18O2. The molecule has 1 aliphatic heterocycles. The normalized spacial score (nSPS) is 20.8. The molecule has 2 heteroatoms. The first kappa shape index (κ1) is 12.6. The van der Waals surface area contributed by atoms with Gasteiger partial charge < -0.3 is 4.74 Å². The molecule has 4 rings (SSSR count). The van der Waals surface area contributed by atoms with Crippen molar-refractivity contribution in [2.24, 2.45) is 0 Å². The van der Waals surface area contributed by atoms with Crippen molar-refractivity contribution in [2.45, 2.75) is 38.2 Å². The Balaban J connectivity index is 1.72. The van der Waals surface area contributed by atoms with Gasteiger partial charge in [0.1, 0.15) is 11.9 Å². The zero-order valence-electron chi connectivity index (χ0n) is 12.1. The molecule has 2 nitrogen and oxygen atoms in total. The van der Waals surface area contributed by atoms with Gasteiger partial charge in [-0.15, -0.1) is 0 Å². The number of ether oxygens (including phenoxy) is 1. The van der Waals surface area contributed by atoms with Gasteiger partial charge in [-0.25, -0.2) is 0 Å². The summed E-state index contributed by atoms with van der Waals surface area (Å²) in [7, 11) is 0. The average Bonchev–Trinajstić information content (AvgIpc) is 3.32. The number of aryl methyl sites for hydroxylation is 1. The lowest BCUT2D eigenvalue weighted by Crippen LogP contribution is -2.21. The fourth-order valence-electron chi connectivity index (χ4n) is 3.18. The highest BCUT2D eigenvalue weighted by Crippen LogP contribution is 2.45. The second-order valence-corrected chi connectivity index (χ2v) is 6.14. The number of benzene rings is 2. The molecule has 21 heavy (non-hydrogen) atoms. The summed E-state index contributed by atoms with van der Waals surface area (Å²) in [5.41, 5.74) is 4.39. The van der Waals surface area contributed by atoms with Gasteiger partial charge in [0.2, 0.25) is 0 Å². The highest BCUT2D eigenvalue weighted by Gasteiger charge is 2.33. The molecule has 1 aliphatic carbocycles. The summed E-state index contributed by atoms with van der Waals surface area (Å²) < 4.78 is 6.14. The Morgan fingerprint density at radius 3 is 2.57 bits per heavy atom. The predicted molar refractivity (Wildman–Crippen MR) is 81.9 cm³/mol. The van der Waals surface area contributed by atoms with E-state index in [-0.39, 0.29) is 11.9 Å². The van der Waals surface area contributed by atoms with Crippen molar-refractivity contribution in [1.29, 1.82) is 0 Å². The van der Waals surface area contributed by atoms with Gasteiger partial charge in [0.25, 0.3) is 0 Å². The first-order valence-electron chi connectivity index (χ1n) is 7.61. The van der Waals surface area contributed by atoms with E-state index in [1.807, 2.05) is 31.2 Å². The van der Waals surface area contributed by atoms with Crippen LogP contribution in [-0.4, -0.2) is 5.78 Å². The van der Waals surface area contributed by atoms with Crippen LogP contribution in [0.15, 0.2) is 42.5 Å². The Labute approximate surface area is 124 Å². The fourth-order valence-corrected chi connectivity index (χ4v) is 3.18. The molecule has 1 unspecified atom stereocenters. The van der Waals surface area contributed by atoms with Gasteiger partial charge in [0.05, 0.1) is 12.0 Å². The van der Waals surface area contributed by atoms with E-state index in [2.05, 4.69) is 18.2 Å². The van der Waals surface area contributed by atoms with Crippen LogP contribution in [0.4, 0.5) is 0 Å². The lowest BCUT2D eigenvalue weighted by molar-refractivity contribution is 0.0849. The van der Waals surface area contributed by atoms with E-state index in [9.17, 15) is 4.79 Å². The van der Waals surface area contributed by atoms with Gasteiger partial charge in [-0.05, 0) is 48.9 Å². The van der Waals surface area contributed by atoms with Gasteiger partial charge in [-0.1, -0.05) is 35.9 Å². The van der Waals surface area contributed by atoms with E-state index in [0.717, 1.165) is 16.9 Å².